The highest BCUT2D eigenvalue weighted by Gasteiger charge is 2.53. The first-order valence-corrected chi connectivity index (χ1v) is 6.34. The normalized spacial score (nSPS) is 24.7. The minimum atomic E-state index is -0.751. The molecule has 5 nitrogen and oxygen atoms in total. The van der Waals surface area contributed by atoms with Crippen molar-refractivity contribution in [2.75, 3.05) is 13.2 Å². The number of rotatable bonds is 4. The van der Waals surface area contributed by atoms with Crippen molar-refractivity contribution in [2.24, 2.45) is 5.92 Å². The summed E-state index contributed by atoms with van der Waals surface area (Å²) < 4.78 is 5.08. The third-order valence-electron chi connectivity index (χ3n) is 3.84. The Bertz CT molecular complexity index is 362. The third kappa shape index (κ3) is 2.66. The number of piperidine rings is 1. The number of carbonyl (C=O) groups excluding carboxylic acids is 1. The fraction of sp³-hybridized carbons (Fsp3) is 0.692. The maximum atomic E-state index is 11.9. The zero-order valence-electron chi connectivity index (χ0n) is 10.4. The van der Waals surface area contributed by atoms with Crippen LogP contribution in [0.1, 0.15) is 32.1 Å². The Labute approximate surface area is 106 Å². The summed E-state index contributed by atoms with van der Waals surface area (Å²) in [4.78, 5) is 24.4. The van der Waals surface area contributed by atoms with Gasteiger partial charge in [0, 0.05) is 18.5 Å². The summed E-state index contributed by atoms with van der Waals surface area (Å²) in [7, 11) is 0. The van der Waals surface area contributed by atoms with Crippen molar-refractivity contribution >= 4 is 12.1 Å². The van der Waals surface area contributed by atoms with Gasteiger partial charge in [0.25, 0.3) is 0 Å². The van der Waals surface area contributed by atoms with Gasteiger partial charge in [-0.05, 0) is 31.6 Å². The molecular weight excluding hydrogens is 234 g/mol. The Hall–Kier alpha value is -1.52. The highest BCUT2D eigenvalue weighted by Crippen LogP contribution is 2.50. The van der Waals surface area contributed by atoms with Crippen molar-refractivity contribution in [3.63, 3.8) is 0 Å². The molecule has 0 radical (unpaired) electrons. The summed E-state index contributed by atoms with van der Waals surface area (Å²) >= 11 is 0. The lowest BCUT2D eigenvalue weighted by Gasteiger charge is -2.39. The first-order chi connectivity index (χ1) is 8.57. The molecule has 1 N–H and O–H groups in total. The number of carboxylic acids is 1. The molecule has 1 aliphatic carbocycles. The average Bonchev–Trinajstić information content (AvgIpc) is 3.05. The number of carbonyl (C=O) groups is 2. The largest absolute Gasteiger partial charge is 0.481 e. The average molecular weight is 253 g/mol. The summed E-state index contributed by atoms with van der Waals surface area (Å²) in [5, 5.41) is 8.83. The van der Waals surface area contributed by atoms with Crippen molar-refractivity contribution in [2.45, 2.75) is 37.6 Å². The molecule has 0 aromatic rings. The van der Waals surface area contributed by atoms with E-state index in [1.807, 2.05) is 0 Å². The lowest BCUT2D eigenvalue weighted by Crippen LogP contribution is -2.48. The first-order valence-electron chi connectivity index (χ1n) is 6.34. The Morgan fingerprint density at radius 1 is 1.50 bits per heavy atom. The van der Waals surface area contributed by atoms with Gasteiger partial charge in [0.1, 0.15) is 6.61 Å². The highest BCUT2D eigenvalue weighted by molar-refractivity contribution is 5.70. The Balaban J connectivity index is 1.93. The van der Waals surface area contributed by atoms with E-state index in [1.165, 1.54) is 0 Å². The van der Waals surface area contributed by atoms with Crippen LogP contribution in [0.2, 0.25) is 0 Å². The summed E-state index contributed by atoms with van der Waals surface area (Å²) in [5.41, 5.74) is -0.114. The number of nitrogens with zero attached hydrogens (tertiary/aromatic N) is 1. The van der Waals surface area contributed by atoms with Gasteiger partial charge in [-0.3, -0.25) is 4.79 Å². The van der Waals surface area contributed by atoms with Crippen molar-refractivity contribution in [1.82, 2.24) is 4.90 Å². The summed E-state index contributed by atoms with van der Waals surface area (Å²) in [6, 6.07) is 0. The van der Waals surface area contributed by atoms with E-state index in [0.717, 1.165) is 25.7 Å². The maximum absolute atomic E-state index is 11.9. The van der Waals surface area contributed by atoms with Crippen molar-refractivity contribution in [3.8, 4) is 0 Å². The fourth-order valence-electron chi connectivity index (χ4n) is 2.83. The molecule has 0 aromatic carbocycles. The molecule has 2 rings (SSSR count). The molecule has 1 saturated heterocycles. The minimum Gasteiger partial charge on any atom is -0.481 e. The number of hydrogen-bond acceptors (Lipinski definition) is 3. The van der Waals surface area contributed by atoms with Crippen LogP contribution in [-0.2, 0) is 9.53 Å². The van der Waals surface area contributed by atoms with E-state index in [1.54, 1.807) is 11.0 Å². The van der Waals surface area contributed by atoms with Gasteiger partial charge < -0.3 is 14.7 Å². The SMILES string of the molecule is C=CCOC(=O)N1CCC(CC(=O)O)CC12CC2. The van der Waals surface area contributed by atoms with E-state index < -0.39 is 5.97 Å². The molecule has 1 saturated carbocycles. The number of carboxylic acid groups (broad SMARTS) is 1. The van der Waals surface area contributed by atoms with E-state index >= 15 is 0 Å². The maximum Gasteiger partial charge on any atom is 0.410 e. The Morgan fingerprint density at radius 2 is 2.22 bits per heavy atom. The van der Waals surface area contributed by atoms with E-state index in [-0.39, 0.29) is 30.6 Å². The molecule has 1 spiro atoms. The number of amides is 1. The molecule has 2 aliphatic rings. The van der Waals surface area contributed by atoms with Crippen LogP contribution in [-0.4, -0.2) is 40.8 Å². The summed E-state index contributed by atoms with van der Waals surface area (Å²) in [5.74, 6) is -0.563. The molecular formula is C13H19NO4. The smallest absolute Gasteiger partial charge is 0.410 e. The molecule has 0 aromatic heterocycles. The molecule has 18 heavy (non-hydrogen) atoms. The summed E-state index contributed by atoms with van der Waals surface area (Å²) in [6.45, 7) is 4.34. The van der Waals surface area contributed by atoms with Crippen LogP contribution in [0.5, 0.6) is 0 Å². The van der Waals surface area contributed by atoms with Gasteiger partial charge in [-0.25, -0.2) is 4.79 Å². The zero-order valence-corrected chi connectivity index (χ0v) is 10.4. The molecule has 1 unspecified atom stereocenters. The van der Waals surface area contributed by atoms with Gasteiger partial charge in [0.15, 0.2) is 0 Å². The molecule has 100 valence electrons. The number of hydrogen-bond donors (Lipinski definition) is 1. The van der Waals surface area contributed by atoms with Crippen molar-refractivity contribution in [1.29, 1.82) is 0 Å². The van der Waals surface area contributed by atoms with Crippen LogP contribution in [0.4, 0.5) is 4.79 Å². The second-order valence-corrected chi connectivity index (χ2v) is 5.20. The second kappa shape index (κ2) is 5.00. The van der Waals surface area contributed by atoms with E-state index in [0.29, 0.717) is 6.54 Å². The molecule has 5 heteroatoms. The van der Waals surface area contributed by atoms with Gasteiger partial charge in [-0.2, -0.15) is 0 Å². The standard InChI is InChI=1S/C13H19NO4/c1-2-7-18-12(17)14-6-3-10(8-11(15)16)9-13(14)4-5-13/h2,10H,1,3-9H2,(H,15,16). The molecule has 2 fully saturated rings. The fourth-order valence-corrected chi connectivity index (χ4v) is 2.83. The van der Waals surface area contributed by atoms with Gasteiger partial charge in [0.2, 0.25) is 0 Å². The lowest BCUT2D eigenvalue weighted by molar-refractivity contribution is -0.138. The van der Waals surface area contributed by atoms with Crippen LogP contribution >= 0.6 is 0 Å². The van der Waals surface area contributed by atoms with E-state index in [4.69, 9.17) is 9.84 Å². The predicted octanol–water partition coefficient (Wildman–Crippen LogP) is 2.03. The second-order valence-electron chi connectivity index (χ2n) is 5.20. The number of likely N-dealkylation sites (tertiary alicyclic amines) is 1. The van der Waals surface area contributed by atoms with Gasteiger partial charge >= 0.3 is 12.1 Å². The minimum absolute atomic E-state index is 0.114. The zero-order chi connectivity index (χ0) is 13.2. The predicted molar refractivity (Wildman–Crippen MR) is 65.2 cm³/mol. The molecule has 1 amide bonds. The quantitative estimate of drug-likeness (QED) is 0.778. The van der Waals surface area contributed by atoms with E-state index in [2.05, 4.69) is 6.58 Å². The topological polar surface area (TPSA) is 66.8 Å². The van der Waals surface area contributed by atoms with Crippen LogP contribution in [0, 0.1) is 5.92 Å². The van der Waals surface area contributed by atoms with E-state index in [9.17, 15) is 9.59 Å². The first kappa shape index (κ1) is 12.9. The van der Waals surface area contributed by atoms with Crippen LogP contribution in [0.25, 0.3) is 0 Å². The number of ether oxygens (including phenoxy) is 1. The molecule has 1 atom stereocenters. The lowest BCUT2D eigenvalue weighted by atomic mass is 9.87. The third-order valence-corrected chi connectivity index (χ3v) is 3.84. The van der Waals surface area contributed by atoms with Crippen LogP contribution in [0.15, 0.2) is 12.7 Å². The monoisotopic (exact) mass is 253 g/mol. The molecule has 1 heterocycles. The Morgan fingerprint density at radius 3 is 2.78 bits per heavy atom. The molecule has 1 aliphatic heterocycles. The van der Waals surface area contributed by atoms with Crippen LogP contribution in [0.3, 0.4) is 0 Å². The Kier molecular flexibility index (Phi) is 3.59. The molecule has 0 bridgehead atoms. The van der Waals surface area contributed by atoms with Crippen molar-refractivity contribution in [3.05, 3.63) is 12.7 Å². The van der Waals surface area contributed by atoms with Gasteiger partial charge in [-0.15, -0.1) is 0 Å². The summed E-state index contributed by atoms with van der Waals surface area (Å²) in [6.07, 6.45) is 4.94. The number of aliphatic carboxylic acids is 1. The highest BCUT2D eigenvalue weighted by atomic mass is 16.6. The van der Waals surface area contributed by atoms with Gasteiger partial charge in [-0.1, -0.05) is 12.7 Å². The van der Waals surface area contributed by atoms with Crippen molar-refractivity contribution < 1.29 is 19.4 Å². The van der Waals surface area contributed by atoms with Gasteiger partial charge in [0.05, 0.1) is 0 Å². The van der Waals surface area contributed by atoms with Crippen LogP contribution < -0.4 is 0 Å².